The van der Waals surface area contributed by atoms with Gasteiger partial charge in [0.15, 0.2) is 0 Å². The number of allylic oxidation sites excluding steroid dienone is 1. The molecule has 2 N–H and O–H groups in total. The van der Waals surface area contributed by atoms with Crippen LogP contribution in [0.15, 0.2) is 11.8 Å². The van der Waals surface area contributed by atoms with E-state index in [1.165, 1.54) is 0 Å². The highest BCUT2D eigenvalue weighted by molar-refractivity contribution is 7.78. The zero-order chi connectivity index (χ0) is 7.28. The van der Waals surface area contributed by atoms with Crippen molar-refractivity contribution in [3.05, 3.63) is 11.8 Å². The maximum atomic E-state index is 9.98. The summed E-state index contributed by atoms with van der Waals surface area (Å²) in [6, 6.07) is 0. The van der Waals surface area contributed by atoms with E-state index in [2.05, 4.69) is 12.8 Å². The Balaban J connectivity index is 4.14. The lowest BCUT2D eigenvalue weighted by atomic mass is 10.4. The fourth-order valence-electron chi connectivity index (χ4n) is 0.224. The fourth-order valence-corrected chi connectivity index (χ4v) is 0.395. The van der Waals surface area contributed by atoms with Gasteiger partial charge in [0.05, 0.1) is 0 Å². The van der Waals surface area contributed by atoms with Crippen LogP contribution in [-0.2, 0) is 9.59 Å². The Morgan fingerprint density at radius 3 is 2.33 bits per heavy atom. The van der Waals surface area contributed by atoms with Crippen molar-refractivity contribution in [1.29, 1.82) is 0 Å². The first kappa shape index (κ1) is 8.03. The lowest BCUT2D eigenvalue weighted by Gasteiger charge is -1.93. The molecular formula is C4H5NO3S. The van der Waals surface area contributed by atoms with Gasteiger partial charge in [0.25, 0.3) is 0 Å². The molecule has 0 bridgehead atoms. The molecule has 9 heavy (non-hydrogen) atoms. The van der Waals surface area contributed by atoms with Crippen molar-refractivity contribution in [1.82, 2.24) is 4.72 Å². The molecule has 0 aromatic heterocycles. The van der Waals surface area contributed by atoms with Crippen LogP contribution in [0.1, 0.15) is 0 Å². The van der Waals surface area contributed by atoms with Crippen LogP contribution in [0.5, 0.6) is 0 Å². The molecule has 0 atom stereocenters. The SMILES string of the molecule is O=C/C=C(\NS)C(=O)O. The first-order chi connectivity index (χ1) is 4.22. The molecule has 0 aromatic rings. The van der Waals surface area contributed by atoms with Crippen molar-refractivity contribution in [2.45, 2.75) is 0 Å². The van der Waals surface area contributed by atoms with E-state index < -0.39 is 5.97 Å². The Labute approximate surface area is 57.1 Å². The highest BCUT2D eigenvalue weighted by Crippen LogP contribution is 1.86. The summed E-state index contributed by atoms with van der Waals surface area (Å²) in [5.41, 5.74) is -0.242. The molecule has 50 valence electrons. The molecular weight excluding hydrogens is 142 g/mol. The van der Waals surface area contributed by atoms with Gasteiger partial charge in [-0.3, -0.25) is 4.79 Å². The molecule has 0 aliphatic carbocycles. The highest BCUT2D eigenvalue weighted by atomic mass is 32.1. The highest BCUT2D eigenvalue weighted by Gasteiger charge is 2.01. The van der Waals surface area contributed by atoms with Crippen molar-refractivity contribution >= 4 is 25.1 Å². The Kier molecular flexibility index (Phi) is 3.54. The standard InChI is InChI=1S/C4H5NO3S/c6-2-1-3(5-9)4(7)8/h1-2,5,9H,(H,7,8)/b3-1-. The van der Waals surface area contributed by atoms with E-state index in [-0.39, 0.29) is 5.70 Å². The van der Waals surface area contributed by atoms with Crippen molar-refractivity contribution in [2.24, 2.45) is 0 Å². The summed E-state index contributed by atoms with van der Waals surface area (Å²) in [6.45, 7) is 0. The maximum Gasteiger partial charge on any atom is 0.352 e. The van der Waals surface area contributed by atoms with E-state index >= 15 is 0 Å². The molecule has 0 amide bonds. The fraction of sp³-hybridized carbons (Fsp3) is 0. The summed E-state index contributed by atoms with van der Waals surface area (Å²) >= 11 is 3.43. The third kappa shape index (κ3) is 2.76. The van der Waals surface area contributed by atoms with Crippen LogP contribution in [0.2, 0.25) is 0 Å². The third-order valence-corrected chi connectivity index (χ3v) is 0.826. The second kappa shape index (κ2) is 3.96. The molecule has 0 saturated heterocycles. The van der Waals surface area contributed by atoms with Crippen molar-refractivity contribution in [2.75, 3.05) is 0 Å². The number of hydrogen-bond donors (Lipinski definition) is 3. The van der Waals surface area contributed by atoms with E-state index in [4.69, 9.17) is 5.11 Å². The molecule has 0 spiro atoms. The minimum Gasteiger partial charge on any atom is -0.477 e. The van der Waals surface area contributed by atoms with Crippen molar-refractivity contribution < 1.29 is 14.7 Å². The Morgan fingerprint density at radius 2 is 2.22 bits per heavy atom. The van der Waals surface area contributed by atoms with Gasteiger partial charge in [-0.15, -0.1) is 0 Å². The monoisotopic (exact) mass is 147 g/mol. The minimum absolute atomic E-state index is 0.242. The van der Waals surface area contributed by atoms with Gasteiger partial charge in [0.2, 0.25) is 0 Å². The minimum atomic E-state index is -1.21. The summed E-state index contributed by atoms with van der Waals surface area (Å²) in [6.07, 6.45) is 1.24. The van der Waals surface area contributed by atoms with Crippen molar-refractivity contribution in [3.8, 4) is 0 Å². The molecule has 0 aromatic carbocycles. The first-order valence-corrected chi connectivity index (χ1v) is 2.46. The smallest absolute Gasteiger partial charge is 0.352 e. The summed E-state index contributed by atoms with van der Waals surface area (Å²) in [4.78, 5) is 19.6. The number of carboxylic acids is 1. The van der Waals surface area contributed by atoms with E-state index in [1.807, 2.05) is 4.72 Å². The van der Waals surface area contributed by atoms with Gasteiger partial charge in [-0.1, -0.05) is 12.8 Å². The van der Waals surface area contributed by atoms with Gasteiger partial charge in [0.1, 0.15) is 12.0 Å². The van der Waals surface area contributed by atoms with Gasteiger partial charge in [-0.05, 0) is 0 Å². The molecule has 0 saturated carbocycles. The average molecular weight is 147 g/mol. The summed E-state index contributed by atoms with van der Waals surface area (Å²) in [7, 11) is 0. The molecule has 0 aliphatic heterocycles. The number of nitrogens with one attached hydrogen (secondary N) is 1. The summed E-state index contributed by atoms with van der Waals surface area (Å²) < 4.78 is 2.03. The number of carboxylic acid groups (broad SMARTS) is 1. The van der Waals surface area contributed by atoms with E-state index in [0.717, 1.165) is 6.08 Å². The van der Waals surface area contributed by atoms with Crippen LogP contribution in [0, 0.1) is 0 Å². The molecule has 0 unspecified atom stereocenters. The van der Waals surface area contributed by atoms with Crippen LogP contribution in [0.3, 0.4) is 0 Å². The number of thiol groups is 1. The normalized spacial score (nSPS) is 10.6. The largest absolute Gasteiger partial charge is 0.477 e. The average Bonchev–Trinajstić information content (AvgIpc) is 1.82. The molecule has 4 nitrogen and oxygen atoms in total. The maximum absolute atomic E-state index is 9.98. The van der Waals surface area contributed by atoms with Crippen molar-refractivity contribution in [3.63, 3.8) is 0 Å². The second-order valence-corrected chi connectivity index (χ2v) is 1.36. The number of aldehydes is 1. The van der Waals surface area contributed by atoms with Crippen LogP contribution >= 0.6 is 12.8 Å². The molecule has 0 heterocycles. The molecule has 0 radical (unpaired) electrons. The zero-order valence-corrected chi connectivity index (χ0v) is 5.26. The van der Waals surface area contributed by atoms with Gasteiger partial charge in [-0.25, -0.2) is 4.79 Å². The number of carbonyl (C=O) groups excluding carboxylic acids is 1. The van der Waals surface area contributed by atoms with Gasteiger partial charge >= 0.3 is 5.97 Å². The molecule has 0 fully saturated rings. The lowest BCUT2D eigenvalue weighted by Crippen LogP contribution is -2.10. The Morgan fingerprint density at radius 1 is 1.67 bits per heavy atom. The van der Waals surface area contributed by atoms with Crippen LogP contribution < -0.4 is 4.72 Å². The first-order valence-electron chi connectivity index (χ1n) is 2.01. The topological polar surface area (TPSA) is 66.4 Å². The Hall–Kier alpha value is -0.970. The number of rotatable bonds is 3. The van der Waals surface area contributed by atoms with E-state index in [1.54, 1.807) is 0 Å². The van der Waals surface area contributed by atoms with Gasteiger partial charge < -0.3 is 9.83 Å². The predicted molar refractivity (Wildman–Crippen MR) is 33.9 cm³/mol. The second-order valence-electron chi connectivity index (χ2n) is 1.13. The number of aliphatic carboxylic acids is 1. The van der Waals surface area contributed by atoms with Crippen LogP contribution in [0.25, 0.3) is 0 Å². The zero-order valence-electron chi connectivity index (χ0n) is 4.37. The predicted octanol–water partition coefficient (Wildman–Crippen LogP) is -0.412. The quantitative estimate of drug-likeness (QED) is 0.288. The lowest BCUT2D eigenvalue weighted by molar-refractivity contribution is -0.133. The summed E-state index contributed by atoms with van der Waals surface area (Å²) in [5, 5.41) is 8.17. The van der Waals surface area contributed by atoms with Crippen LogP contribution in [-0.4, -0.2) is 17.4 Å². The number of carbonyl (C=O) groups is 2. The van der Waals surface area contributed by atoms with Gasteiger partial charge in [0, 0.05) is 6.08 Å². The summed E-state index contributed by atoms with van der Waals surface area (Å²) in [5.74, 6) is -1.21. The van der Waals surface area contributed by atoms with Gasteiger partial charge in [-0.2, -0.15) is 0 Å². The third-order valence-electron chi connectivity index (χ3n) is 0.586. The van der Waals surface area contributed by atoms with E-state index in [0.29, 0.717) is 6.29 Å². The van der Waals surface area contributed by atoms with E-state index in [9.17, 15) is 9.59 Å². The molecule has 0 aliphatic rings. The van der Waals surface area contributed by atoms with Crippen LogP contribution in [0.4, 0.5) is 0 Å². The number of hydrogen-bond acceptors (Lipinski definition) is 4. The Bertz CT molecular complexity index is 154. The molecule has 5 heteroatoms. The molecule has 0 rings (SSSR count).